The number of carbonyl (C=O) groups is 1. The maximum absolute atomic E-state index is 12.9. The second-order valence-electron chi connectivity index (χ2n) is 8.18. The minimum atomic E-state index is -0.655. The van der Waals surface area contributed by atoms with Gasteiger partial charge in [0.15, 0.2) is 11.4 Å². The Morgan fingerprint density at radius 1 is 1.09 bits per heavy atom. The van der Waals surface area contributed by atoms with E-state index < -0.39 is 17.1 Å². The number of aromatic nitrogens is 3. The highest BCUT2D eigenvalue weighted by molar-refractivity contribution is 5.95. The van der Waals surface area contributed by atoms with Gasteiger partial charge in [-0.05, 0) is 24.1 Å². The van der Waals surface area contributed by atoms with Crippen molar-refractivity contribution in [3.8, 4) is 5.75 Å². The molecule has 2 atom stereocenters. The first-order chi connectivity index (χ1) is 15.5. The monoisotopic (exact) mass is 428 g/mol. The van der Waals surface area contributed by atoms with Gasteiger partial charge < -0.3 is 14.6 Å². The van der Waals surface area contributed by atoms with Crippen LogP contribution in [0.25, 0.3) is 10.9 Å². The Hall–Kier alpha value is -3.87. The molecule has 0 fully saturated rings. The third-order valence-corrected chi connectivity index (χ3v) is 6.35. The molecule has 1 aliphatic heterocycles. The van der Waals surface area contributed by atoms with Crippen LogP contribution in [0.2, 0.25) is 0 Å². The third kappa shape index (κ3) is 3.00. The van der Waals surface area contributed by atoms with Gasteiger partial charge in [0.25, 0.3) is 5.91 Å². The Morgan fingerprint density at radius 3 is 2.56 bits per heavy atom. The molecular formula is C25H24N4O3. The summed E-state index contributed by atoms with van der Waals surface area (Å²) in [5.74, 6) is -1.12. The molecule has 7 heteroatoms. The van der Waals surface area contributed by atoms with E-state index in [9.17, 15) is 14.7 Å². The maximum Gasteiger partial charge on any atom is 0.275 e. The largest absolute Gasteiger partial charge is 0.502 e. The van der Waals surface area contributed by atoms with Crippen LogP contribution >= 0.6 is 0 Å². The summed E-state index contributed by atoms with van der Waals surface area (Å²) in [5, 5.41) is 15.9. The van der Waals surface area contributed by atoms with Crippen molar-refractivity contribution in [2.24, 2.45) is 0 Å². The molecule has 2 aromatic heterocycles. The molecule has 1 amide bonds. The number of hydrogen-bond acceptors (Lipinski definition) is 4. The average Bonchev–Trinajstić information content (AvgIpc) is 3.18. The van der Waals surface area contributed by atoms with Crippen LogP contribution in [0.1, 0.15) is 40.5 Å². The van der Waals surface area contributed by atoms with Crippen molar-refractivity contribution in [2.75, 3.05) is 13.6 Å². The van der Waals surface area contributed by atoms with E-state index >= 15 is 0 Å². The summed E-state index contributed by atoms with van der Waals surface area (Å²) >= 11 is 0. The lowest BCUT2D eigenvalue weighted by Gasteiger charge is -2.37. The van der Waals surface area contributed by atoms with Crippen molar-refractivity contribution < 1.29 is 9.90 Å². The highest BCUT2D eigenvalue weighted by atomic mass is 16.3. The van der Waals surface area contributed by atoms with Gasteiger partial charge in [0, 0.05) is 43.2 Å². The first kappa shape index (κ1) is 20.1. The van der Waals surface area contributed by atoms with E-state index in [0.29, 0.717) is 6.54 Å². The highest BCUT2D eigenvalue weighted by Crippen LogP contribution is 2.42. The lowest BCUT2D eigenvalue weighted by atomic mass is 9.83. The zero-order chi connectivity index (χ0) is 22.4. The molecule has 4 aromatic rings. The van der Waals surface area contributed by atoms with E-state index in [0.717, 1.165) is 34.8 Å². The topological polar surface area (TPSA) is 80.4 Å². The fourth-order valence-electron chi connectivity index (χ4n) is 4.83. The number of aryl methyl sites for hydroxylation is 1. The number of fused-ring (bicyclic) bond motifs is 2. The molecule has 7 nitrogen and oxygen atoms in total. The van der Waals surface area contributed by atoms with Gasteiger partial charge in [-0.2, -0.15) is 5.10 Å². The fraction of sp³-hybridized carbons (Fsp3) is 0.240. The molecular weight excluding hydrogens is 404 g/mol. The van der Waals surface area contributed by atoms with Gasteiger partial charge in [-0.3, -0.25) is 14.3 Å². The molecule has 162 valence electrons. The second-order valence-corrected chi connectivity index (χ2v) is 8.18. The molecule has 0 radical (unpaired) electrons. The van der Waals surface area contributed by atoms with Gasteiger partial charge in [0.2, 0.25) is 5.43 Å². The molecule has 0 spiro atoms. The van der Waals surface area contributed by atoms with E-state index in [1.165, 1.54) is 4.68 Å². The van der Waals surface area contributed by atoms with Crippen LogP contribution < -0.4 is 5.43 Å². The van der Waals surface area contributed by atoms with Gasteiger partial charge in [0.1, 0.15) is 0 Å². The number of benzene rings is 2. The molecule has 0 unspecified atom stereocenters. The van der Waals surface area contributed by atoms with Gasteiger partial charge in [-0.1, -0.05) is 48.5 Å². The first-order valence-electron chi connectivity index (χ1n) is 10.7. The minimum Gasteiger partial charge on any atom is -0.502 e. The summed E-state index contributed by atoms with van der Waals surface area (Å²) < 4.78 is 3.75. The number of hydrogen-bond donors (Lipinski definition) is 1. The standard InChI is InChI=1S/C25H24N4O3/c1-3-28-14-18(17-11-7-8-12-19(17)28)22(16-9-5-4-6-10-16)20-15-27(2)25(32)23-24(31)21(30)13-26-29(20)23/h4-14,20,22,31H,3,15H2,1-2H3/t20-,22+/m1/s1. The number of likely N-dealkylation sites (N-methyl/N-ethyl adjacent to an activating group) is 1. The quantitative estimate of drug-likeness (QED) is 0.540. The Balaban J connectivity index is 1.80. The van der Waals surface area contributed by atoms with Gasteiger partial charge in [-0.15, -0.1) is 0 Å². The van der Waals surface area contributed by atoms with Gasteiger partial charge in [-0.25, -0.2) is 0 Å². The molecule has 0 saturated heterocycles. The normalized spacial score (nSPS) is 16.9. The summed E-state index contributed by atoms with van der Waals surface area (Å²) in [6, 6.07) is 18.1. The Bertz CT molecular complexity index is 1370. The molecule has 1 aliphatic rings. The molecule has 32 heavy (non-hydrogen) atoms. The number of rotatable bonds is 4. The lowest BCUT2D eigenvalue weighted by molar-refractivity contribution is 0.0686. The van der Waals surface area contributed by atoms with E-state index in [4.69, 9.17) is 0 Å². The highest BCUT2D eigenvalue weighted by Gasteiger charge is 2.39. The number of nitrogens with zero attached hydrogens (tertiary/aromatic N) is 4. The predicted molar refractivity (Wildman–Crippen MR) is 122 cm³/mol. The minimum absolute atomic E-state index is 0.0589. The fourth-order valence-corrected chi connectivity index (χ4v) is 4.83. The maximum atomic E-state index is 12.9. The number of para-hydroxylation sites is 1. The Labute approximate surface area is 185 Å². The Kier molecular flexibility index (Phi) is 4.81. The third-order valence-electron chi connectivity index (χ3n) is 6.35. The number of aromatic hydroxyl groups is 1. The molecule has 0 bridgehead atoms. The smallest absolute Gasteiger partial charge is 0.275 e. The Morgan fingerprint density at radius 2 is 1.81 bits per heavy atom. The van der Waals surface area contributed by atoms with Crippen LogP contribution in [-0.4, -0.2) is 43.9 Å². The molecule has 5 rings (SSSR count). The van der Waals surface area contributed by atoms with E-state index in [2.05, 4.69) is 47.1 Å². The van der Waals surface area contributed by atoms with E-state index in [1.54, 1.807) is 11.9 Å². The lowest BCUT2D eigenvalue weighted by Crippen LogP contribution is -2.45. The molecule has 2 aromatic carbocycles. The SMILES string of the molecule is CCn1cc([C@H](c2ccccc2)[C@H]2CN(C)C(=O)c3c(O)c(=O)cnn32)c2ccccc21. The van der Waals surface area contributed by atoms with Crippen LogP contribution in [0.15, 0.2) is 71.8 Å². The van der Waals surface area contributed by atoms with Crippen molar-refractivity contribution in [3.63, 3.8) is 0 Å². The summed E-state index contributed by atoms with van der Waals surface area (Å²) in [6.07, 6.45) is 3.25. The molecule has 0 aliphatic carbocycles. The van der Waals surface area contributed by atoms with E-state index in [1.807, 2.05) is 30.3 Å². The zero-order valence-electron chi connectivity index (χ0n) is 18.0. The summed E-state index contributed by atoms with van der Waals surface area (Å²) in [4.78, 5) is 26.5. The van der Waals surface area contributed by atoms with Gasteiger partial charge in [0.05, 0.1) is 12.2 Å². The van der Waals surface area contributed by atoms with E-state index in [-0.39, 0.29) is 17.7 Å². The molecule has 3 heterocycles. The summed E-state index contributed by atoms with van der Waals surface area (Å²) in [6.45, 7) is 3.33. The molecule has 1 N–H and O–H groups in total. The second kappa shape index (κ2) is 7.67. The number of amides is 1. The molecule has 0 saturated carbocycles. The van der Waals surface area contributed by atoms with Crippen LogP contribution in [0, 0.1) is 0 Å². The predicted octanol–water partition coefficient (Wildman–Crippen LogP) is 3.38. The first-order valence-corrected chi connectivity index (χ1v) is 10.7. The van der Waals surface area contributed by atoms with Crippen LogP contribution in [-0.2, 0) is 6.54 Å². The zero-order valence-corrected chi connectivity index (χ0v) is 18.0. The van der Waals surface area contributed by atoms with Crippen LogP contribution in [0.5, 0.6) is 5.75 Å². The number of carbonyl (C=O) groups excluding carboxylic acids is 1. The van der Waals surface area contributed by atoms with Crippen molar-refractivity contribution in [2.45, 2.75) is 25.4 Å². The van der Waals surface area contributed by atoms with Gasteiger partial charge >= 0.3 is 0 Å². The van der Waals surface area contributed by atoms with Crippen molar-refractivity contribution in [1.82, 2.24) is 19.2 Å². The average molecular weight is 428 g/mol. The van der Waals surface area contributed by atoms with Crippen molar-refractivity contribution in [1.29, 1.82) is 0 Å². The summed E-state index contributed by atoms with van der Waals surface area (Å²) in [5.41, 5.74) is 2.62. The van der Waals surface area contributed by atoms with Crippen molar-refractivity contribution >= 4 is 16.8 Å². The summed E-state index contributed by atoms with van der Waals surface area (Å²) in [7, 11) is 1.69. The van der Waals surface area contributed by atoms with Crippen LogP contribution in [0.4, 0.5) is 0 Å². The van der Waals surface area contributed by atoms with Crippen molar-refractivity contribution in [3.05, 3.63) is 94.0 Å². The van der Waals surface area contributed by atoms with Crippen LogP contribution in [0.3, 0.4) is 0 Å².